The number of carbonyl (C=O) groups excluding carboxylic acids is 1. The summed E-state index contributed by atoms with van der Waals surface area (Å²) in [6.45, 7) is 3.68. The fourth-order valence-electron chi connectivity index (χ4n) is 2.30. The van der Waals surface area contributed by atoms with Crippen LogP contribution in [0.5, 0.6) is 0 Å². The van der Waals surface area contributed by atoms with Crippen LogP contribution in [0.1, 0.15) is 27.3 Å². The zero-order valence-corrected chi connectivity index (χ0v) is 9.60. The lowest BCUT2D eigenvalue weighted by atomic mass is 10.2. The summed E-state index contributed by atoms with van der Waals surface area (Å²) in [5.41, 5.74) is 4.98. The first-order chi connectivity index (χ1) is 8.31. The van der Waals surface area contributed by atoms with E-state index in [4.69, 9.17) is 0 Å². The molecule has 0 unspecified atom stereocenters. The van der Waals surface area contributed by atoms with Gasteiger partial charge in [0, 0.05) is 24.2 Å². The van der Waals surface area contributed by atoms with Crippen molar-refractivity contribution in [1.29, 1.82) is 0 Å². The topological polar surface area (TPSA) is 46.9 Å². The second-order valence-electron chi connectivity index (χ2n) is 4.20. The van der Waals surface area contributed by atoms with Crippen LogP contribution < -0.4 is 5.32 Å². The maximum absolute atomic E-state index is 11.1. The van der Waals surface area contributed by atoms with Crippen LogP contribution in [-0.4, -0.2) is 16.1 Å². The molecule has 86 valence electrons. The molecule has 1 aliphatic rings. The van der Waals surface area contributed by atoms with Crippen LogP contribution in [0.2, 0.25) is 0 Å². The van der Waals surface area contributed by atoms with Crippen molar-refractivity contribution in [3.05, 3.63) is 46.8 Å². The van der Waals surface area contributed by atoms with Crippen molar-refractivity contribution >= 4 is 6.29 Å². The number of para-hydroxylation sites is 1. The van der Waals surface area contributed by atoms with Crippen LogP contribution in [0, 0.1) is 6.92 Å². The Labute approximate surface area is 99.3 Å². The standard InChI is InChI=1S/C13H13N3O/c1-9-11-6-14-7-13(11)16(15-9)12-5-3-2-4-10(12)8-17/h2-5,8,14H,6-7H2,1H3. The van der Waals surface area contributed by atoms with Crippen molar-refractivity contribution < 1.29 is 4.79 Å². The van der Waals surface area contributed by atoms with Gasteiger partial charge >= 0.3 is 0 Å². The summed E-state index contributed by atoms with van der Waals surface area (Å²) in [5.74, 6) is 0. The molecule has 2 aromatic rings. The summed E-state index contributed by atoms with van der Waals surface area (Å²) < 4.78 is 1.88. The normalized spacial score (nSPS) is 13.7. The van der Waals surface area contributed by atoms with E-state index in [1.165, 1.54) is 5.56 Å². The number of benzene rings is 1. The highest BCUT2D eigenvalue weighted by atomic mass is 16.1. The Kier molecular flexibility index (Phi) is 2.30. The number of aryl methyl sites for hydroxylation is 1. The molecule has 1 N–H and O–H groups in total. The van der Waals surface area contributed by atoms with Crippen molar-refractivity contribution in [1.82, 2.24) is 15.1 Å². The molecule has 0 saturated carbocycles. The average Bonchev–Trinajstić information content (AvgIpc) is 2.94. The van der Waals surface area contributed by atoms with Crippen LogP contribution in [-0.2, 0) is 13.1 Å². The third kappa shape index (κ3) is 1.49. The molecular formula is C13H13N3O. The van der Waals surface area contributed by atoms with Crippen LogP contribution in [0.3, 0.4) is 0 Å². The third-order valence-electron chi connectivity index (χ3n) is 3.18. The lowest BCUT2D eigenvalue weighted by Gasteiger charge is -2.07. The molecule has 1 aromatic carbocycles. The maximum Gasteiger partial charge on any atom is 0.152 e. The van der Waals surface area contributed by atoms with Crippen LogP contribution in [0.25, 0.3) is 5.69 Å². The summed E-state index contributed by atoms with van der Waals surface area (Å²) in [6, 6.07) is 7.53. The Bertz CT molecular complexity index is 586. The number of fused-ring (bicyclic) bond motifs is 1. The minimum atomic E-state index is 0.671. The quantitative estimate of drug-likeness (QED) is 0.793. The number of aldehydes is 1. The van der Waals surface area contributed by atoms with E-state index in [1.54, 1.807) is 0 Å². The van der Waals surface area contributed by atoms with Gasteiger partial charge in [0.1, 0.15) is 0 Å². The lowest BCUT2D eigenvalue weighted by Crippen LogP contribution is -2.09. The number of aromatic nitrogens is 2. The number of hydrogen-bond donors (Lipinski definition) is 1. The first-order valence-corrected chi connectivity index (χ1v) is 5.64. The SMILES string of the molecule is Cc1nn(-c2ccccc2C=O)c2c1CNC2. The molecule has 17 heavy (non-hydrogen) atoms. The molecule has 0 fully saturated rings. The van der Waals surface area contributed by atoms with Gasteiger partial charge in [-0.05, 0) is 19.1 Å². The first-order valence-electron chi connectivity index (χ1n) is 5.64. The van der Waals surface area contributed by atoms with Gasteiger partial charge < -0.3 is 5.32 Å². The van der Waals surface area contributed by atoms with Crippen LogP contribution >= 0.6 is 0 Å². The molecule has 0 atom stereocenters. The fourth-order valence-corrected chi connectivity index (χ4v) is 2.30. The number of nitrogens with zero attached hydrogens (tertiary/aromatic N) is 2. The highest BCUT2D eigenvalue weighted by Crippen LogP contribution is 2.23. The maximum atomic E-state index is 11.1. The molecule has 0 bridgehead atoms. The molecule has 0 spiro atoms. The van der Waals surface area contributed by atoms with Crippen molar-refractivity contribution in [2.75, 3.05) is 0 Å². The van der Waals surface area contributed by atoms with Gasteiger partial charge in [0.05, 0.1) is 17.1 Å². The zero-order valence-electron chi connectivity index (χ0n) is 9.60. The van der Waals surface area contributed by atoms with E-state index >= 15 is 0 Å². The molecule has 1 aromatic heterocycles. The van der Waals surface area contributed by atoms with Gasteiger partial charge in [-0.1, -0.05) is 12.1 Å². The second kappa shape index (κ2) is 3.82. The van der Waals surface area contributed by atoms with Crippen LogP contribution in [0.4, 0.5) is 0 Å². The molecule has 4 heteroatoms. The van der Waals surface area contributed by atoms with Crippen molar-refractivity contribution in [3.63, 3.8) is 0 Å². The molecule has 3 rings (SSSR count). The Morgan fingerprint density at radius 3 is 3.00 bits per heavy atom. The van der Waals surface area contributed by atoms with Crippen molar-refractivity contribution in [3.8, 4) is 5.69 Å². The number of rotatable bonds is 2. The number of nitrogens with one attached hydrogen (secondary N) is 1. The Morgan fingerprint density at radius 2 is 2.18 bits per heavy atom. The molecular weight excluding hydrogens is 214 g/mol. The van der Waals surface area contributed by atoms with E-state index in [9.17, 15) is 4.79 Å². The Hall–Kier alpha value is -1.94. The number of carbonyl (C=O) groups is 1. The van der Waals surface area contributed by atoms with Crippen LogP contribution in [0.15, 0.2) is 24.3 Å². The summed E-state index contributed by atoms with van der Waals surface area (Å²) in [6.07, 6.45) is 0.876. The third-order valence-corrected chi connectivity index (χ3v) is 3.18. The van der Waals surface area contributed by atoms with Gasteiger partial charge in [-0.3, -0.25) is 4.79 Å². The van der Waals surface area contributed by atoms with Gasteiger partial charge in [-0.15, -0.1) is 0 Å². The molecule has 1 aliphatic heterocycles. The fraction of sp³-hybridized carbons (Fsp3) is 0.231. The monoisotopic (exact) mass is 227 g/mol. The predicted molar refractivity (Wildman–Crippen MR) is 64.2 cm³/mol. The van der Waals surface area contributed by atoms with Crippen molar-refractivity contribution in [2.45, 2.75) is 20.0 Å². The van der Waals surface area contributed by atoms with E-state index in [2.05, 4.69) is 10.4 Å². The lowest BCUT2D eigenvalue weighted by molar-refractivity contribution is 0.112. The summed E-state index contributed by atoms with van der Waals surface area (Å²) >= 11 is 0. The second-order valence-corrected chi connectivity index (χ2v) is 4.20. The number of hydrogen-bond acceptors (Lipinski definition) is 3. The molecule has 2 heterocycles. The van der Waals surface area contributed by atoms with E-state index < -0.39 is 0 Å². The highest BCUT2D eigenvalue weighted by molar-refractivity contribution is 5.80. The highest BCUT2D eigenvalue weighted by Gasteiger charge is 2.21. The first kappa shape index (κ1) is 10.2. The van der Waals surface area contributed by atoms with E-state index in [-0.39, 0.29) is 0 Å². The van der Waals surface area contributed by atoms with Gasteiger partial charge in [-0.2, -0.15) is 5.10 Å². The molecule has 0 radical (unpaired) electrons. The molecule has 0 amide bonds. The van der Waals surface area contributed by atoms with E-state index in [0.29, 0.717) is 5.56 Å². The largest absolute Gasteiger partial charge is 0.307 e. The van der Waals surface area contributed by atoms with Crippen molar-refractivity contribution in [2.24, 2.45) is 0 Å². The summed E-state index contributed by atoms with van der Waals surface area (Å²) in [7, 11) is 0. The predicted octanol–water partition coefficient (Wildman–Crippen LogP) is 1.60. The summed E-state index contributed by atoms with van der Waals surface area (Å²) in [4.78, 5) is 11.1. The minimum absolute atomic E-state index is 0.671. The van der Waals surface area contributed by atoms with Gasteiger partial charge in [-0.25, -0.2) is 4.68 Å². The smallest absolute Gasteiger partial charge is 0.152 e. The van der Waals surface area contributed by atoms with Gasteiger partial charge in [0.2, 0.25) is 0 Å². The van der Waals surface area contributed by atoms with E-state index in [1.807, 2.05) is 35.9 Å². The minimum Gasteiger partial charge on any atom is -0.307 e. The average molecular weight is 227 g/mol. The van der Waals surface area contributed by atoms with Gasteiger partial charge in [0.25, 0.3) is 0 Å². The van der Waals surface area contributed by atoms with E-state index in [0.717, 1.165) is 36.5 Å². The Balaban J connectivity index is 2.22. The molecule has 0 saturated heterocycles. The summed E-state index contributed by atoms with van der Waals surface area (Å²) in [5, 5.41) is 7.84. The van der Waals surface area contributed by atoms with Gasteiger partial charge in [0.15, 0.2) is 6.29 Å². The molecule has 4 nitrogen and oxygen atoms in total. The Morgan fingerprint density at radius 1 is 1.35 bits per heavy atom. The zero-order chi connectivity index (χ0) is 11.8. The molecule has 0 aliphatic carbocycles.